The first-order valence-electron chi connectivity index (χ1n) is 6.30. The summed E-state index contributed by atoms with van der Waals surface area (Å²) in [5.74, 6) is 1.09. The van der Waals surface area contributed by atoms with E-state index >= 15 is 0 Å². The average Bonchev–Trinajstić information content (AvgIpc) is 2.29. The first kappa shape index (κ1) is 15.8. The number of alkyl halides is 3. The van der Waals surface area contributed by atoms with Gasteiger partial charge in [0.2, 0.25) is 0 Å². The van der Waals surface area contributed by atoms with Crippen molar-refractivity contribution in [2.24, 2.45) is 0 Å². The zero-order valence-electron chi connectivity index (χ0n) is 11.5. The maximum absolute atomic E-state index is 11.9. The van der Waals surface area contributed by atoms with Crippen LogP contribution in [0.4, 0.5) is 13.2 Å². The van der Waals surface area contributed by atoms with Gasteiger partial charge < -0.3 is 10.1 Å². The van der Waals surface area contributed by atoms with Gasteiger partial charge in [0.1, 0.15) is 12.4 Å². The van der Waals surface area contributed by atoms with Gasteiger partial charge in [0.05, 0.1) is 6.54 Å². The van der Waals surface area contributed by atoms with Crippen LogP contribution in [-0.4, -0.2) is 25.9 Å². The fourth-order valence-electron chi connectivity index (χ4n) is 1.80. The lowest BCUT2D eigenvalue weighted by Crippen LogP contribution is -2.31. The molecule has 1 aromatic carbocycles. The number of benzene rings is 1. The minimum absolute atomic E-state index is 0.171. The second kappa shape index (κ2) is 6.80. The van der Waals surface area contributed by atoms with Crippen molar-refractivity contribution in [2.75, 3.05) is 19.7 Å². The standard InChI is InChI=1S/C14H20F3NO/c1-10(2)13-8-12(5-4-11(13)3)19-7-6-18-9-14(15,16)17/h4-5,8,10,18H,6-7,9H2,1-3H3. The molecule has 0 aliphatic rings. The number of halogens is 3. The summed E-state index contributed by atoms with van der Waals surface area (Å²) in [5, 5.41) is 2.29. The van der Waals surface area contributed by atoms with E-state index in [0.717, 1.165) is 0 Å². The Bertz CT molecular complexity index is 402. The Hall–Kier alpha value is -1.23. The van der Waals surface area contributed by atoms with Gasteiger partial charge in [-0.25, -0.2) is 0 Å². The first-order chi connectivity index (χ1) is 8.79. The molecule has 0 aromatic heterocycles. The van der Waals surface area contributed by atoms with Crippen LogP contribution >= 0.6 is 0 Å². The molecular formula is C14H20F3NO. The lowest BCUT2D eigenvalue weighted by atomic mass is 9.98. The molecule has 1 aromatic rings. The molecule has 1 rings (SSSR count). The monoisotopic (exact) mass is 275 g/mol. The van der Waals surface area contributed by atoms with E-state index in [1.165, 1.54) is 11.1 Å². The molecule has 0 spiro atoms. The normalized spacial score (nSPS) is 11.9. The Morgan fingerprint density at radius 1 is 1.26 bits per heavy atom. The Morgan fingerprint density at radius 3 is 2.53 bits per heavy atom. The highest BCUT2D eigenvalue weighted by atomic mass is 19.4. The van der Waals surface area contributed by atoms with E-state index in [4.69, 9.17) is 4.74 Å². The molecule has 0 aliphatic carbocycles. The van der Waals surface area contributed by atoms with E-state index in [2.05, 4.69) is 19.2 Å². The molecule has 0 fully saturated rings. The van der Waals surface area contributed by atoms with Crippen LogP contribution in [0.3, 0.4) is 0 Å². The summed E-state index contributed by atoms with van der Waals surface area (Å²) in [6, 6.07) is 5.75. The predicted octanol–water partition coefficient (Wildman–Crippen LogP) is 3.65. The molecule has 2 nitrogen and oxygen atoms in total. The zero-order valence-corrected chi connectivity index (χ0v) is 11.5. The van der Waals surface area contributed by atoms with Gasteiger partial charge >= 0.3 is 6.18 Å². The van der Waals surface area contributed by atoms with Crippen LogP contribution in [0.1, 0.15) is 30.9 Å². The van der Waals surface area contributed by atoms with E-state index in [1.54, 1.807) is 0 Å². The highest BCUT2D eigenvalue weighted by Gasteiger charge is 2.25. The lowest BCUT2D eigenvalue weighted by Gasteiger charge is -2.13. The van der Waals surface area contributed by atoms with Crippen molar-refractivity contribution in [3.05, 3.63) is 29.3 Å². The third kappa shape index (κ3) is 5.96. The molecule has 0 radical (unpaired) electrons. The minimum Gasteiger partial charge on any atom is -0.492 e. The minimum atomic E-state index is -4.17. The molecular weight excluding hydrogens is 255 g/mol. The summed E-state index contributed by atoms with van der Waals surface area (Å²) >= 11 is 0. The second-order valence-electron chi connectivity index (χ2n) is 4.81. The summed E-state index contributed by atoms with van der Waals surface area (Å²) in [7, 11) is 0. The van der Waals surface area contributed by atoms with Crippen LogP contribution < -0.4 is 10.1 Å². The van der Waals surface area contributed by atoms with Gasteiger partial charge in [-0.05, 0) is 36.1 Å². The highest BCUT2D eigenvalue weighted by molar-refractivity contribution is 5.36. The van der Waals surface area contributed by atoms with E-state index in [-0.39, 0.29) is 13.2 Å². The van der Waals surface area contributed by atoms with Crippen molar-refractivity contribution in [1.82, 2.24) is 5.32 Å². The van der Waals surface area contributed by atoms with Gasteiger partial charge in [0, 0.05) is 6.54 Å². The Kier molecular flexibility index (Phi) is 5.66. The topological polar surface area (TPSA) is 21.3 Å². The summed E-state index contributed by atoms with van der Waals surface area (Å²) in [6.45, 7) is 5.63. The van der Waals surface area contributed by atoms with Crippen molar-refractivity contribution >= 4 is 0 Å². The summed E-state index contributed by atoms with van der Waals surface area (Å²) in [5.41, 5.74) is 2.39. The summed E-state index contributed by atoms with van der Waals surface area (Å²) in [6.07, 6.45) is -4.17. The van der Waals surface area contributed by atoms with Crippen LogP contribution in [0, 0.1) is 6.92 Å². The van der Waals surface area contributed by atoms with Crippen LogP contribution in [0.15, 0.2) is 18.2 Å². The number of nitrogens with one attached hydrogen (secondary N) is 1. The van der Waals surface area contributed by atoms with Gasteiger partial charge in [-0.15, -0.1) is 0 Å². The molecule has 0 saturated carbocycles. The zero-order chi connectivity index (χ0) is 14.5. The number of ether oxygens (including phenoxy) is 1. The third-order valence-electron chi connectivity index (χ3n) is 2.75. The van der Waals surface area contributed by atoms with Crippen LogP contribution in [0.2, 0.25) is 0 Å². The largest absolute Gasteiger partial charge is 0.492 e. The lowest BCUT2D eigenvalue weighted by molar-refractivity contribution is -0.124. The van der Waals surface area contributed by atoms with Gasteiger partial charge in [-0.2, -0.15) is 13.2 Å². The van der Waals surface area contributed by atoms with Gasteiger partial charge in [0.25, 0.3) is 0 Å². The Labute approximate surface area is 112 Å². The summed E-state index contributed by atoms with van der Waals surface area (Å²) in [4.78, 5) is 0. The molecule has 0 unspecified atom stereocenters. The quantitative estimate of drug-likeness (QED) is 0.800. The van der Waals surface area contributed by atoms with Crippen LogP contribution in [0.5, 0.6) is 5.75 Å². The molecule has 0 aliphatic heterocycles. The van der Waals surface area contributed by atoms with Crippen LogP contribution in [-0.2, 0) is 0 Å². The maximum atomic E-state index is 11.9. The predicted molar refractivity (Wildman–Crippen MR) is 69.7 cm³/mol. The summed E-state index contributed by atoms with van der Waals surface area (Å²) < 4.78 is 41.1. The second-order valence-corrected chi connectivity index (χ2v) is 4.81. The number of hydrogen-bond donors (Lipinski definition) is 1. The van der Waals surface area contributed by atoms with Crippen molar-refractivity contribution in [3.63, 3.8) is 0 Å². The highest BCUT2D eigenvalue weighted by Crippen LogP contribution is 2.24. The Morgan fingerprint density at radius 2 is 1.95 bits per heavy atom. The number of rotatable bonds is 6. The molecule has 0 bridgehead atoms. The molecule has 1 N–H and O–H groups in total. The molecule has 0 amide bonds. The number of hydrogen-bond acceptors (Lipinski definition) is 2. The van der Waals surface area contributed by atoms with E-state index in [9.17, 15) is 13.2 Å². The van der Waals surface area contributed by atoms with Gasteiger partial charge in [-0.3, -0.25) is 0 Å². The van der Waals surface area contributed by atoms with Crippen LogP contribution in [0.25, 0.3) is 0 Å². The van der Waals surface area contributed by atoms with E-state index in [0.29, 0.717) is 11.7 Å². The molecule has 0 heterocycles. The SMILES string of the molecule is Cc1ccc(OCCNCC(F)(F)F)cc1C(C)C. The van der Waals surface area contributed by atoms with Gasteiger partial charge in [0.15, 0.2) is 0 Å². The first-order valence-corrected chi connectivity index (χ1v) is 6.30. The fourth-order valence-corrected chi connectivity index (χ4v) is 1.80. The number of aryl methyl sites for hydroxylation is 1. The molecule has 19 heavy (non-hydrogen) atoms. The van der Waals surface area contributed by atoms with E-state index < -0.39 is 12.7 Å². The van der Waals surface area contributed by atoms with E-state index in [1.807, 2.05) is 25.1 Å². The van der Waals surface area contributed by atoms with Crippen molar-refractivity contribution in [3.8, 4) is 5.75 Å². The fraction of sp³-hybridized carbons (Fsp3) is 0.571. The third-order valence-corrected chi connectivity index (χ3v) is 2.75. The molecule has 108 valence electrons. The molecule has 0 atom stereocenters. The van der Waals surface area contributed by atoms with Crippen molar-refractivity contribution < 1.29 is 17.9 Å². The smallest absolute Gasteiger partial charge is 0.401 e. The molecule has 0 saturated heterocycles. The van der Waals surface area contributed by atoms with Gasteiger partial charge in [-0.1, -0.05) is 19.9 Å². The average molecular weight is 275 g/mol. The van der Waals surface area contributed by atoms with Crippen molar-refractivity contribution in [2.45, 2.75) is 32.9 Å². The molecule has 5 heteroatoms. The maximum Gasteiger partial charge on any atom is 0.401 e. The Balaban J connectivity index is 2.40. The van der Waals surface area contributed by atoms with Crippen molar-refractivity contribution in [1.29, 1.82) is 0 Å².